The van der Waals surface area contributed by atoms with Crippen LogP contribution in [0, 0.1) is 5.92 Å². The Morgan fingerprint density at radius 2 is 2.00 bits per heavy atom. The van der Waals surface area contributed by atoms with E-state index in [4.69, 9.17) is 4.74 Å². The Kier molecular flexibility index (Phi) is 2.40. The van der Waals surface area contributed by atoms with Gasteiger partial charge in [-0.05, 0) is 38.0 Å². The lowest BCUT2D eigenvalue weighted by atomic mass is 9.75. The Morgan fingerprint density at radius 1 is 1.17 bits per heavy atom. The lowest BCUT2D eigenvalue weighted by Gasteiger charge is -2.42. The molecule has 2 atom stereocenters. The van der Waals surface area contributed by atoms with Gasteiger partial charge in [-0.3, -0.25) is 0 Å². The molecule has 0 amide bonds. The summed E-state index contributed by atoms with van der Waals surface area (Å²) in [5.74, 6) is 0.900. The summed E-state index contributed by atoms with van der Waals surface area (Å²) in [6.45, 7) is 3.39. The van der Waals surface area contributed by atoms with Crippen molar-refractivity contribution in [3.63, 3.8) is 0 Å². The van der Waals surface area contributed by atoms with Gasteiger partial charge in [-0.1, -0.05) is 19.8 Å². The number of hydrogen-bond acceptors (Lipinski definition) is 1. The van der Waals surface area contributed by atoms with Crippen LogP contribution in [-0.4, -0.2) is 12.2 Å². The van der Waals surface area contributed by atoms with Crippen molar-refractivity contribution in [3.8, 4) is 0 Å². The predicted molar refractivity (Wildman–Crippen MR) is 50.2 cm³/mol. The molecule has 12 heavy (non-hydrogen) atoms. The molecule has 1 heterocycles. The summed E-state index contributed by atoms with van der Waals surface area (Å²) in [5.41, 5.74) is 0.329. The van der Waals surface area contributed by atoms with Gasteiger partial charge in [-0.2, -0.15) is 0 Å². The van der Waals surface area contributed by atoms with Gasteiger partial charge in [0.05, 0.1) is 5.60 Å². The molecule has 1 nitrogen and oxygen atoms in total. The standard InChI is InChI=1S/C11H20O/c1-10-5-4-7-11(9-10)6-2-3-8-12-11/h10H,2-9H2,1H3/t10-,11?/m1/s1. The van der Waals surface area contributed by atoms with Crippen LogP contribution < -0.4 is 0 Å². The molecule has 0 bridgehead atoms. The minimum atomic E-state index is 0.329. The van der Waals surface area contributed by atoms with Crippen molar-refractivity contribution in [1.29, 1.82) is 0 Å². The Bertz CT molecular complexity index is 142. The quantitative estimate of drug-likeness (QED) is 0.540. The predicted octanol–water partition coefficient (Wildman–Crippen LogP) is 3.14. The summed E-state index contributed by atoms with van der Waals surface area (Å²) in [4.78, 5) is 0. The minimum absolute atomic E-state index is 0.329. The van der Waals surface area contributed by atoms with Crippen molar-refractivity contribution < 1.29 is 4.74 Å². The first kappa shape index (κ1) is 8.55. The maximum atomic E-state index is 5.98. The summed E-state index contributed by atoms with van der Waals surface area (Å²) in [5, 5.41) is 0. The van der Waals surface area contributed by atoms with Crippen LogP contribution in [0.5, 0.6) is 0 Å². The van der Waals surface area contributed by atoms with E-state index in [1.165, 1.54) is 44.9 Å². The zero-order valence-corrected chi connectivity index (χ0v) is 8.14. The topological polar surface area (TPSA) is 9.23 Å². The van der Waals surface area contributed by atoms with Gasteiger partial charge in [0.2, 0.25) is 0 Å². The molecule has 1 spiro atoms. The van der Waals surface area contributed by atoms with Gasteiger partial charge in [0.15, 0.2) is 0 Å². The molecule has 70 valence electrons. The smallest absolute Gasteiger partial charge is 0.0685 e. The summed E-state index contributed by atoms with van der Waals surface area (Å²) in [6.07, 6.45) is 9.48. The van der Waals surface area contributed by atoms with Gasteiger partial charge in [0.1, 0.15) is 0 Å². The van der Waals surface area contributed by atoms with Gasteiger partial charge in [0, 0.05) is 6.61 Å². The Labute approximate surface area is 75.5 Å². The van der Waals surface area contributed by atoms with Crippen molar-refractivity contribution in [2.24, 2.45) is 5.92 Å². The molecule has 0 aromatic heterocycles. The van der Waals surface area contributed by atoms with E-state index < -0.39 is 0 Å². The minimum Gasteiger partial charge on any atom is -0.375 e. The zero-order chi connectivity index (χ0) is 8.44. The second-order valence-corrected chi connectivity index (χ2v) is 4.69. The van der Waals surface area contributed by atoms with Crippen molar-refractivity contribution in [1.82, 2.24) is 0 Å². The molecular weight excluding hydrogens is 148 g/mol. The van der Waals surface area contributed by atoms with E-state index in [1.54, 1.807) is 0 Å². The van der Waals surface area contributed by atoms with Crippen LogP contribution in [0.15, 0.2) is 0 Å². The Morgan fingerprint density at radius 3 is 2.67 bits per heavy atom. The molecule has 0 N–H and O–H groups in total. The van der Waals surface area contributed by atoms with Crippen molar-refractivity contribution in [3.05, 3.63) is 0 Å². The van der Waals surface area contributed by atoms with E-state index in [1.807, 2.05) is 0 Å². The van der Waals surface area contributed by atoms with Crippen LogP contribution >= 0.6 is 0 Å². The maximum absolute atomic E-state index is 5.98. The average Bonchev–Trinajstić information content (AvgIpc) is 2.05. The van der Waals surface area contributed by atoms with Gasteiger partial charge < -0.3 is 4.74 Å². The van der Waals surface area contributed by atoms with Crippen LogP contribution in [0.1, 0.15) is 51.9 Å². The lowest BCUT2D eigenvalue weighted by molar-refractivity contribution is -0.109. The summed E-state index contributed by atoms with van der Waals surface area (Å²) in [7, 11) is 0. The Hall–Kier alpha value is -0.0400. The van der Waals surface area contributed by atoms with Gasteiger partial charge in [-0.15, -0.1) is 0 Å². The first-order valence-corrected chi connectivity index (χ1v) is 5.45. The maximum Gasteiger partial charge on any atom is 0.0685 e. The summed E-state index contributed by atoms with van der Waals surface area (Å²) in [6, 6.07) is 0. The van der Waals surface area contributed by atoms with Gasteiger partial charge in [0.25, 0.3) is 0 Å². The second-order valence-electron chi connectivity index (χ2n) is 4.69. The van der Waals surface area contributed by atoms with Crippen molar-refractivity contribution >= 4 is 0 Å². The van der Waals surface area contributed by atoms with Crippen LogP contribution in [-0.2, 0) is 4.74 Å². The fourth-order valence-corrected chi connectivity index (χ4v) is 2.88. The molecule has 0 radical (unpaired) electrons. The largest absolute Gasteiger partial charge is 0.375 e. The highest BCUT2D eigenvalue weighted by Crippen LogP contribution is 2.40. The van der Waals surface area contributed by atoms with E-state index in [0.29, 0.717) is 5.60 Å². The molecule has 0 aromatic carbocycles. The molecule has 1 aliphatic heterocycles. The molecule has 2 rings (SSSR count). The first-order chi connectivity index (χ1) is 5.81. The lowest BCUT2D eigenvalue weighted by Crippen LogP contribution is -2.40. The highest BCUT2D eigenvalue weighted by molar-refractivity contribution is 4.88. The summed E-state index contributed by atoms with van der Waals surface area (Å²) >= 11 is 0. The average molecular weight is 168 g/mol. The van der Waals surface area contributed by atoms with E-state index in [-0.39, 0.29) is 0 Å². The molecule has 0 aromatic rings. The summed E-state index contributed by atoms with van der Waals surface area (Å²) < 4.78 is 5.98. The van der Waals surface area contributed by atoms with E-state index in [2.05, 4.69) is 6.92 Å². The second kappa shape index (κ2) is 3.37. The normalized spacial score (nSPS) is 43.2. The molecule has 2 aliphatic rings. The number of hydrogen-bond donors (Lipinski definition) is 0. The monoisotopic (exact) mass is 168 g/mol. The highest BCUT2D eigenvalue weighted by Gasteiger charge is 2.36. The van der Waals surface area contributed by atoms with Crippen molar-refractivity contribution in [2.75, 3.05) is 6.61 Å². The molecule has 1 heteroatoms. The van der Waals surface area contributed by atoms with Crippen LogP contribution in [0.3, 0.4) is 0 Å². The van der Waals surface area contributed by atoms with Crippen LogP contribution in [0.2, 0.25) is 0 Å². The van der Waals surface area contributed by atoms with E-state index >= 15 is 0 Å². The third kappa shape index (κ3) is 1.66. The van der Waals surface area contributed by atoms with Crippen LogP contribution in [0.4, 0.5) is 0 Å². The third-order valence-corrected chi connectivity index (χ3v) is 3.48. The SMILES string of the molecule is C[C@@H]1CCCC2(CCCCO2)C1. The third-order valence-electron chi connectivity index (χ3n) is 3.48. The molecule has 1 saturated carbocycles. The highest BCUT2D eigenvalue weighted by atomic mass is 16.5. The van der Waals surface area contributed by atoms with E-state index in [0.717, 1.165) is 12.5 Å². The molecular formula is C11H20O. The fraction of sp³-hybridized carbons (Fsp3) is 1.00. The molecule has 1 saturated heterocycles. The first-order valence-electron chi connectivity index (χ1n) is 5.45. The fourth-order valence-electron chi connectivity index (χ4n) is 2.88. The molecule has 1 aliphatic carbocycles. The molecule has 1 unspecified atom stereocenters. The van der Waals surface area contributed by atoms with Gasteiger partial charge in [-0.25, -0.2) is 0 Å². The zero-order valence-electron chi connectivity index (χ0n) is 8.14. The van der Waals surface area contributed by atoms with Crippen molar-refractivity contribution in [2.45, 2.75) is 57.5 Å². The number of rotatable bonds is 0. The Balaban J connectivity index is 1.97. The van der Waals surface area contributed by atoms with Gasteiger partial charge >= 0.3 is 0 Å². The number of ether oxygens (including phenoxy) is 1. The molecule has 2 fully saturated rings. The van der Waals surface area contributed by atoms with E-state index in [9.17, 15) is 0 Å². The van der Waals surface area contributed by atoms with Crippen LogP contribution in [0.25, 0.3) is 0 Å².